The standard InChI is InChI=1S/C20H18N2O3S2/c23-7-1-6-22-11-13-8-12(2-4-15(13)20(22)25)18-5-3-14(27-18)9-16-17(24)10-19(26)21-16/h2-5,8-9,23H,1,6-7,10-11H2,(H,21,26)/b16-9+. The first kappa shape index (κ1) is 18.0. The van der Waals surface area contributed by atoms with Crippen molar-refractivity contribution in [3.05, 3.63) is 52.0 Å². The number of Topliss-reactive ketones (excluding diaryl/α,β-unsaturated/α-hetero) is 1. The maximum atomic E-state index is 12.4. The lowest BCUT2D eigenvalue weighted by Gasteiger charge is -2.13. The summed E-state index contributed by atoms with van der Waals surface area (Å²) in [7, 11) is 0. The molecule has 0 unspecified atom stereocenters. The van der Waals surface area contributed by atoms with E-state index in [1.54, 1.807) is 16.2 Å². The molecule has 3 heterocycles. The minimum atomic E-state index is 0.0222. The second kappa shape index (κ2) is 7.34. The van der Waals surface area contributed by atoms with Crippen molar-refractivity contribution in [1.29, 1.82) is 0 Å². The smallest absolute Gasteiger partial charge is 0.254 e. The molecule has 27 heavy (non-hydrogen) atoms. The van der Waals surface area contributed by atoms with Crippen LogP contribution in [0.1, 0.15) is 33.6 Å². The molecule has 0 aliphatic carbocycles. The topological polar surface area (TPSA) is 69.6 Å². The van der Waals surface area contributed by atoms with Crippen molar-refractivity contribution in [2.24, 2.45) is 0 Å². The fourth-order valence-electron chi connectivity index (χ4n) is 3.33. The van der Waals surface area contributed by atoms with Gasteiger partial charge in [-0.2, -0.15) is 0 Å². The van der Waals surface area contributed by atoms with Crippen LogP contribution in [0.3, 0.4) is 0 Å². The number of thiophene rings is 1. The third-order valence-electron chi connectivity index (χ3n) is 4.66. The summed E-state index contributed by atoms with van der Waals surface area (Å²) in [5.74, 6) is 0.0531. The highest BCUT2D eigenvalue weighted by molar-refractivity contribution is 7.80. The monoisotopic (exact) mass is 398 g/mol. The van der Waals surface area contributed by atoms with E-state index in [2.05, 4.69) is 11.4 Å². The SMILES string of the molecule is O=C1CC(=S)N/C1=C/c1ccc(-c2ccc3c(c2)CN(CCCO)C3=O)s1. The van der Waals surface area contributed by atoms with Crippen LogP contribution in [0.2, 0.25) is 0 Å². The zero-order valence-electron chi connectivity index (χ0n) is 14.5. The summed E-state index contributed by atoms with van der Waals surface area (Å²) >= 11 is 6.64. The third kappa shape index (κ3) is 3.58. The molecule has 2 aliphatic heterocycles. The van der Waals surface area contributed by atoms with Gasteiger partial charge in [0, 0.05) is 35.0 Å². The molecule has 0 radical (unpaired) electrons. The van der Waals surface area contributed by atoms with Crippen molar-refractivity contribution in [2.45, 2.75) is 19.4 Å². The molecular formula is C20H18N2O3S2. The van der Waals surface area contributed by atoms with Gasteiger partial charge in [0.2, 0.25) is 0 Å². The van der Waals surface area contributed by atoms with E-state index >= 15 is 0 Å². The van der Waals surface area contributed by atoms with Gasteiger partial charge in [-0.3, -0.25) is 9.59 Å². The van der Waals surface area contributed by atoms with Crippen LogP contribution < -0.4 is 5.32 Å². The fraction of sp³-hybridized carbons (Fsp3) is 0.250. The van der Waals surface area contributed by atoms with Gasteiger partial charge >= 0.3 is 0 Å². The normalized spacial score (nSPS) is 17.7. The Morgan fingerprint density at radius 3 is 2.85 bits per heavy atom. The fourth-order valence-corrected chi connectivity index (χ4v) is 4.51. The lowest BCUT2D eigenvalue weighted by atomic mass is 10.1. The Hall–Kier alpha value is -2.35. The number of fused-ring (bicyclic) bond motifs is 1. The summed E-state index contributed by atoms with van der Waals surface area (Å²) in [6, 6.07) is 9.91. The van der Waals surface area contributed by atoms with E-state index in [9.17, 15) is 9.59 Å². The molecule has 5 nitrogen and oxygen atoms in total. The Morgan fingerprint density at radius 1 is 1.26 bits per heavy atom. The zero-order chi connectivity index (χ0) is 19.0. The van der Waals surface area contributed by atoms with Crippen molar-refractivity contribution in [3.8, 4) is 10.4 Å². The molecule has 0 spiro atoms. The van der Waals surface area contributed by atoms with Crippen LogP contribution in [0.5, 0.6) is 0 Å². The van der Waals surface area contributed by atoms with Crippen LogP contribution in [-0.2, 0) is 11.3 Å². The van der Waals surface area contributed by atoms with Crippen LogP contribution in [-0.4, -0.2) is 39.8 Å². The number of hydrogen-bond donors (Lipinski definition) is 2. The van der Waals surface area contributed by atoms with Crippen molar-refractivity contribution in [3.63, 3.8) is 0 Å². The molecule has 2 aliphatic rings. The minimum absolute atomic E-state index is 0.0222. The van der Waals surface area contributed by atoms with Gasteiger partial charge in [0.25, 0.3) is 5.91 Å². The van der Waals surface area contributed by atoms with Crippen LogP contribution in [0, 0.1) is 0 Å². The van der Waals surface area contributed by atoms with Gasteiger partial charge in [-0.25, -0.2) is 0 Å². The molecular weight excluding hydrogens is 380 g/mol. The summed E-state index contributed by atoms with van der Waals surface area (Å²) < 4.78 is 0. The Labute approximate surface area is 166 Å². The Bertz CT molecular complexity index is 977. The van der Waals surface area contributed by atoms with E-state index < -0.39 is 0 Å². The Balaban J connectivity index is 1.56. The predicted octanol–water partition coefficient (Wildman–Crippen LogP) is 2.98. The van der Waals surface area contributed by atoms with Crippen LogP contribution in [0.4, 0.5) is 0 Å². The summed E-state index contributed by atoms with van der Waals surface area (Å²) in [6.07, 6.45) is 2.71. The van der Waals surface area contributed by atoms with E-state index in [1.807, 2.05) is 30.3 Å². The average molecular weight is 399 g/mol. The number of amides is 1. The number of allylic oxidation sites excluding steroid dienone is 1. The summed E-state index contributed by atoms with van der Waals surface area (Å²) in [6.45, 7) is 1.24. The number of carbonyl (C=O) groups excluding carboxylic acids is 2. The number of nitrogens with one attached hydrogen (secondary N) is 1. The lowest BCUT2D eigenvalue weighted by molar-refractivity contribution is -0.114. The highest BCUT2D eigenvalue weighted by Gasteiger charge is 2.27. The van der Waals surface area contributed by atoms with Gasteiger partial charge < -0.3 is 15.3 Å². The molecule has 1 amide bonds. The first-order chi connectivity index (χ1) is 13.0. The first-order valence-corrected chi connectivity index (χ1v) is 9.95. The Kier molecular flexibility index (Phi) is 4.90. The molecule has 0 saturated carbocycles. The second-order valence-electron chi connectivity index (χ2n) is 6.58. The van der Waals surface area contributed by atoms with Crippen molar-refractivity contribution in [1.82, 2.24) is 10.2 Å². The molecule has 1 aromatic carbocycles. The number of aliphatic hydroxyl groups is 1. The van der Waals surface area contributed by atoms with E-state index in [-0.39, 0.29) is 24.7 Å². The predicted molar refractivity (Wildman–Crippen MR) is 110 cm³/mol. The summed E-state index contributed by atoms with van der Waals surface area (Å²) in [5, 5.41) is 11.9. The van der Waals surface area contributed by atoms with E-state index in [0.717, 1.165) is 26.4 Å². The molecule has 138 valence electrons. The lowest BCUT2D eigenvalue weighted by Crippen LogP contribution is -2.25. The first-order valence-electron chi connectivity index (χ1n) is 8.73. The van der Waals surface area contributed by atoms with E-state index in [4.69, 9.17) is 17.3 Å². The van der Waals surface area contributed by atoms with Crippen molar-refractivity contribution >= 4 is 46.3 Å². The molecule has 2 N–H and O–H groups in total. The highest BCUT2D eigenvalue weighted by atomic mass is 32.1. The van der Waals surface area contributed by atoms with E-state index in [1.165, 1.54) is 0 Å². The van der Waals surface area contributed by atoms with Crippen LogP contribution >= 0.6 is 23.6 Å². The number of rotatable bonds is 5. The van der Waals surface area contributed by atoms with Gasteiger partial charge in [-0.15, -0.1) is 11.3 Å². The number of aliphatic hydroxyl groups excluding tert-OH is 1. The van der Waals surface area contributed by atoms with Crippen molar-refractivity contribution < 1.29 is 14.7 Å². The number of thiocarbonyl (C=S) groups is 1. The summed E-state index contributed by atoms with van der Waals surface area (Å²) in [4.78, 5) is 28.7. The number of hydrogen-bond acceptors (Lipinski definition) is 5. The van der Waals surface area contributed by atoms with Crippen molar-refractivity contribution in [2.75, 3.05) is 13.2 Å². The average Bonchev–Trinajstić information content (AvgIpc) is 3.32. The highest BCUT2D eigenvalue weighted by Crippen LogP contribution is 2.33. The van der Waals surface area contributed by atoms with E-state index in [0.29, 0.717) is 30.2 Å². The molecule has 0 bridgehead atoms. The number of ketones is 1. The minimum Gasteiger partial charge on any atom is -0.396 e. The molecule has 1 saturated heterocycles. The second-order valence-corrected chi connectivity index (χ2v) is 8.19. The number of carbonyl (C=O) groups is 2. The van der Waals surface area contributed by atoms with Gasteiger partial charge in [-0.1, -0.05) is 18.3 Å². The van der Waals surface area contributed by atoms with Crippen LogP contribution in [0.25, 0.3) is 16.5 Å². The van der Waals surface area contributed by atoms with Gasteiger partial charge in [0.15, 0.2) is 5.78 Å². The van der Waals surface area contributed by atoms with Gasteiger partial charge in [-0.05, 0) is 47.9 Å². The molecule has 4 rings (SSSR count). The third-order valence-corrected chi connectivity index (χ3v) is 5.99. The van der Waals surface area contributed by atoms with Gasteiger partial charge in [0.05, 0.1) is 17.1 Å². The maximum absolute atomic E-state index is 12.4. The molecule has 2 aromatic rings. The maximum Gasteiger partial charge on any atom is 0.254 e. The van der Waals surface area contributed by atoms with Gasteiger partial charge in [0.1, 0.15) is 0 Å². The largest absolute Gasteiger partial charge is 0.396 e. The molecule has 1 fully saturated rings. The zero-order valence-corrected chi connectivity index (χ0v) is 16.2. The quantitative estimate of drug-likeness (QED) is 0.599. The molecule has 1 aromatic heterocycles. The molecule has 0 atom stereocenters. The number of benzene rings is 1. The number of nitrogens with zero attached hydrogens (tertiary/aromatic N) is 1. The van der Waals surface area contributed by atoms with Crippen LogP contribution in [0.15, 0.2) is 36.0 Å². The Morgan fingerprint density at radius 2 is 2.11 bits per heavy atom. The summed E-state index contributed by atoms with van der Waals surface area (Å²) in [5.41, 5.74) is 3.36. The molecule has 7 heteroatoms.